The molecule has 1 saturated carbocycles. The molecule has 1 aliphatic carbocycles. The predicted octanol–water partition coefficient (Wildman–Crippen LogP) is 2.07. The van der Waals surface area contributed by atoms with Gasteiger partial charge in [-0.25, -0.2) is 4.98 Å². The molecule has 2 N–H and O–H groups in total. The van der Waals surface area contributed by atoms with E-state index in [1.165, 1.54) is 0 Å². The summed E-state index contributed by atoms with van der Waals surface area (Å²) in [5, 5.41) is 16.2. The van der Waals surface area contributed by atoms with Crippen molar-refractivity contribution in [3.05, 3.63) is 30.6 Å². The standard InChI is InChI=1S/C16H18N4O3/c1-20-10-17-14(19-20)11-3-5-12(6-4-11)18-13(21)9-16(15(22)23)7-2-8-16/h3-6,10H,2,7-9H2,1H3,(H,18,21)(H,22,23). The minimum atomic E-state index is -0.879. The van der Waals surface area contributed by atoms with Gasteiger partial charge in [-0.2, -0.15) is 5.10 Å². The Balaban J connectivity index is 1.64. The highest BCUT2D eigenvalue weighted by Crippen LogP contribution is 2.44. The summed E-state index contributed by atoms with van der Waals surface area (Å²) in [5.41, 5.74) is 0.612. The van der Waals surface area contributed by atoms with Crippen molar-refractivity contribution in [2.24, 2.45) is 12.5 Å². The largest absolute Gasteiger partial charge is 0.481 e. The van der Waals surface area contributed by atoms with Crippen molar-refractivity contribution in [1.29, 1.82) is 0 Å². The summed E-state index contributed by atoms with van der Waals surface area (Å²) in [6.45, 7) is 0. The van der Waals surface area contributed by atoms with Gasteiger partial charge in [0.25, 0.3) is 0 Å². The molecule has 7 heteroatoms. The number of nitrogens with zero attached hydrogens (tertiary/aromatic N) is 3. The molecule has 1 amide bonds. The molecule has 0 spiro atoms. The van der Waals surface area contributed by atoms with Crippen molar-refractivity contribution in [3.63, 3.8) is 0 Å². The SMILES string of the molecule is Cn1cnc(-c2ccc(NC(=O)CC3(C(=O)O)CCC3)cc2)n1. The number of amides is 1. The summed E-state index contributed by atoms with van der Waals surface area (Å²) in [6.07, 6.45) is 3.65. The topological polar surface area (TPSA) is 97.1 Å². The summed E-state index contributed by atoms with van der Waals surface area (Å²) in [4.78, 5) is 27.5. The number of carbonyl (C=O) groups excluding carboxylic acids is 1. The van der Waals surface area contributed by atoms with Gasteiger partial charge in [-0.15, -0.1) is 0 Å². The van der Waals surface area contributed by atoms with Crippen molar-refractivity contribution in [2.75, 3.05) is 5.32 Å². The fourth-order valence-corrected chi connectivity index (χ4v) is 2.76. The van der Waals surface area contributed by atoms with Crippen LogP contribution in [0, 0.1) is 5.41 Å². The number of carbonyl (C=O) groups is 2. The highest BCUT2D eigenvalue weighted by atomic mass is 16.4. The van der Waals surface area contributed by atoms with Crippen molar-refractivity contribution >= 4 is 17.6 Å². The van der Waals surface area contributed by atoms with Crippen molar-refractivity contribution in [1.82, 2.24) is 14.8 Å². The molecule has 1 heterocycles. The number of nitrogens with one attached hydrogen (secondary N) is 1. The van der Waals surface area contributed by atoms with E-state index in [1.807, 2.05) is 12.1 Å². The number of aromatic nitrogens is 3. The number of aliphatic carboxylic acids is 1. The fourth-order valence-electron chi connectivity index (χ4n) is 2.76. The molecule has 23 heavy (non-hydrogen) atoms. The van der Waals surface area contributed by atoms with Gasteiger partial charge in [0.1, 0.15) is 6.33 Å². The van der Waals surface area contributed by atoms with Crippen LogP contribution >= 0.6 is 0 Å². The van der Waals surface area contributed by atoms with Gasteiger partial charge in [-0.05, 0) is 37.1 Å². The van der Waals surface area contributed by atoms with Crippen LogP contribution in [0.5, 0.6) is 0 Å². The number of carboxylic acids is 1. The van der Waals surface area contributed by atoms with Gasteiger partial charge in [0.15, 0.2) is 5.82 Å². The molecule has 0 bridgehead atoms. The Morgan fingerprint density at radius 2 is 2.00 bits per heavy atom. The van der Waals surface area contributed by atoms with Gasteiger partial charge in [-0.3, -0.25) is 14.3 Å². The lowest BCUT2D eigenvalue weighted by molar-refractivity contribution is -0.157. The summed E-state index contributed by atoms with van der Waals surface area (Å²) >= 11 is 0. The maximum absolute atomic E-state index is 12.1. The molecular formula is C16H18N4O3. The molecule has 0 atom stereocenters. The van der Waals surface area contributed by atoms with Crippen LogP contribution in [0.25, 0.3) is 11.4 Å². The van der Waals surface area contributed by atoms with E-state index in [2.05, 4.69) is 15.4 Å². The number of benzene rings is 1. The molecule has 0 radical (unpaired) electrons. The molecule has 120 valence electrons. The Morgan fingerprint density at radius 3 is 2.48 bits per heavy atom. The maximum Gasteiger partial charge on any atom is 0.310 e. The first-order valence-electron chi connectivity index (χ1n) is 7.48. The first-order chi connectivity index (χ1) is 11.0. The van der Waals surface area contributed by atoms with Crippen molar-refractivity contribution < 1.29 is 14.7 Å². The molecule has 2 aromatic rings. The van der Waals surface area contributed by atoms with E-state index in [-0.39, 0.29) is 12.3 Å². The number of hydrogen-bond donors (Lipinski definition) is 2. The van der Waals surface area contributed by atoms with Crippen LogP contribution in [0.4, 0.5) is 5.69 Å². The van der Waals surface area contributed by atoms with E-state index in [4.69, 9.17) is 0 Å². The lowest BCUT2D eigenvalue weighted by atomic mass is 9.66. The average molecular weight is 314 g/mol. The van der Waals surface area contributed by atoms with E-state index in [1.54, 1.807) is 30.2 Å². The lowest BCUT2D eigenvalue weighted by Gasteiger charge is -2.36. The predicted molar refractivity (Wildman–Crippen MR) is 83.6 cm³/mol. The van der Waals surface area contributed by atoms with E-state index in [0.717, 1.165) is 12.0 Å². The van der Waals surface area contributed by atoms with Crippen LogP contribution in [0.1, 0.15) is 25.7 Å². The summed E-state index contributed by atoms with van der Waals surface area (Å²) in [7, 11) is 1.80. The molecule has 0 saturated heterocycles. The van der Waals surface area contributed by atoms with Gasteiger partial charge in [-0.1, -0.05) is 6.42 Å². The lowest BCUT2D eigenvalue weighted by Crippen LogP contribution is -2.41. The molecule has 1 aliphatic rings. The fraction of sp³-hybridized carbons (Fsp3) is 0.375. The van der Waals surface area contributed by atoms with E-state index in [9.17, 15) is 14.7 Å². The average Bonchev–Trinajstić information content (AvgIpc) is 2.90. The molecule has 7 nitrogen and oxygen atoms in total. The van der Waals surface area contributed by atoms with Gasteiger partial charge >= 0.3 is 5.97 Å². The first-order valence-corrected chi connectivity index (χ1v) is 7.48. The smallest absolute Gasteiger partial charge is 0.310 e. The van der Waals surface area contributed by atoms with Crippen LogP contribution in [0.3, 0.4) is 0 Å². The molecule has 0 unspecified atom stereocenters. The van der Waals surface area contributed by atoms with Gasteiger partial charge in [0, 0.05) is 24.7 Å². The second kappa shape index (κ2) is 5.83. The van der Waals surface area contributed by atoms with Crippen molar-refractivity contribution in [2.45, 2.75) is 25.7 Å². The zero-order chi connectivity index (χ0) is 16.4. The second-order valence-corrected chi connectivity index (χ2v) is 5.98. The Labute approximate surface area is 133 Å². The van der Waals surface area contributed by atoms with Gasteiger partial charge < -0.3 is 10.4 Å². The third-order valence-electron chi connectivity index (χ3n) is 4.29. The Hall–Kier alpha value is -2.70. The molecule has 0 aliphatic heterocycles. The van der Waals surface area contributed by atoms with Crippen LogP contribution in [-0.2, 0) is 16.6 Å². The number of carboxylic acid groups (broad SMARTS) is 1. The summed E-state index contributed by atoms with van der Waals surface area (Å²) < 4.78 is 1.62. The van der Waals surface area contributed by atoms with E-state index in [0.29, 0.717) is 24.4 Å². The highest BCUT2D eigenvalue weighted by Gasteiger charge is 2.45. The van der Waals surface area contributed by atoms with E-state index >= 15 is 0 Å². The van der Waals surface area contributed by atoms with Gasteiger partial charge in [0.2, 0.25) is 5.91 Å². The Kier molecular flexibility index (Phi) is 3.85. The number of rotatable bonds is 5. The van der Waals surface area contributed by atoms with Gasteiger partial charge in [0.05, 0.1) is 5.41 Å². The number of hydrogen-bond acceptors (Lipinski definition) is 4. The van der Waals surface area contributed by atoms with Crippen LogP contribution in [-0.4, -0.2) is 31.7 Å². The Morgan fingerprint density at radius 1 is 1.30 bits per heavy atom. The minimum Gasteiger partial charge on any atom is -0.481 e. The normalized spacial score (nSPS) is 15.7. The molecular weight excluding hydrogens is 296 g/mol. The highest BCUT2D eigenvalue weighted by molar-refractivity contribution is 5.94. The maximum atomic E-state index is 12.1. The summed E-state index contributed by atoms with van der Waals surface area (Å²) in [6, 6.07) is 7.16. The Bertz CT molecular complexity index is 732. The minimum absolute atomic E-state index is 0.0197. The van der Waals surface area contributed by atoms with E-state index < -0.39 is 11.4 Å². The van der Waals surface area contributed by atoms with Crippen LogP contribution in [0.15, 0.2) is 30.6 Å². The quantitative estimate of drug-likeness (QED) is 0.880. The zero-order valence-electron chi connectivity index (χ0n) is 12.8. The molecule has 1 aromatic heterocycles. The monoisotopic (exact) mass is 314 g/mol. The zero-order valence-corrected chi connectivity index (χ0v) is 12.8. The third-order valence-corrected chi connectivity index (χ3v) is 4.29. The van der Waals surface area contributed by atoms with Crippen molar-refractivity contribution in [3.8, 4) is 11.4 Å². The third kappa shape index (κ3) is 3.08. The number of anilines is 1. The van der Waals surface area contributed by atoms with Crippen LogP contribution < -0.4 is 5.32 Å². The van der Waals surface area contributed by atoms with Crippen LogP contribution in [0.2, 0.25) is 0 Å². The summed E-state index contributed by atoms with van der Waals surface area (Å²) in [5.74, 6) is -0.532. The molecule has 1 aromatic carbocycles. The molecule has 3 rings (SSSR count). The second-order valence-electron chi connectivity index (χ2n) is 5.98. The number of aryl methyl sites for hydroxylation is 1. The first kappa shape index (κ1) is 15.2. The molecule has 1 fully saturated rings.